The Labute approximate surface area is 255 Å². The third kappa shape index (κ3) is 8.24. The first kappa shape index (κ1) is 30.3. The zero-order valence-corrected chi connectivity index (χ0v) is 26.2. The summed E-state index contributed by atoms with van der Waals surface area (Å²) >= 11 is 1.87. The summed E-state index contributed by atoms with van der Waals surface area (Å²) in [4.78, 5) is 13.0. The molecule has 1 aliphatic carbocycles. The number of para-hydroxylation sites is 1. The molecule has 1 heterocycles. The average Bonchev–Trinajstić information content (AvgIpc) is 2.99. The molecule has 0 radical (unpaired) electrons. The average molecular weight is 584 g/mol. The lowest BCUT2D eigenvalue weighted by atomic mass is 9.86. The number of aliphatic hydroxyl groups excluding tert-OH is 1. The highest BCUT2D eigenvalue weighted by atomic mass is 32.2. The van der Waals surface area contributed by atoms with E-state index in [4.69, 9.17) is 9.97 Å². The molecule has 2 atom stereocenters. The maximum Gasteiger partial charge on any atom is 0.225 e. The molecule has 1 fully saturated rings. The van der Waals surface area contributed by atoms with Gasteiger partial charge in [0.05, 0.1) is 11.6 Å². The lowest BCUT2D eigenvalue weighted by molar-refractivity contribution is 0.166. The summed E-state index contributed by atoms with van der Waals surface area (Å²) in [6, 6.07) is 25.6. The van der Waals surface area contributed by atoms with E-state index in [9.17, 15) is 5.11 Å². The van der Waals surface area contributed by atoms with E-state index in [1.807, 2.05) is 38.0 Å². The van der Waals surface area contributed by atoms with E-state index in [1.54, 1.807) is 0 Å². The molecular formula is C35H45N5OS. The molecule has 222 valence electrons. The minimum Gasteiger partial charge on any atom is -0.388 e. The van der Waals surface area contributed by atoms with E-state index < -0.39 is 6.10 Å². The van der Waals surface area contributed by atoms with Gasteiger partial charge < -0.3 is 20.6 Å². The Morgan fingerprint density at radius 1 is 0.881 bits per heavy atom. The number of aliphatic hydroxyl groups is 1. The number of hydrogen-bond acceptors (Lipinski definition) is 7. The van der Waals surface area contributed by atoms with Crippen LogP contribution in [0.1, 0.15) is 54.9 Å². The Bertz CT molecular complexity index is 1420. The number of nitrogens with zero attached hydrogens (tertiary/aromatic N) is 3. The maximum atomic E-state index is 11.0. The lowest BCUT2D eigenvalue weighted by Crippen LogP contribution is -2.34. The molecule has 3 aromatic carbocycles. The van der Waals surface area contributed by atoms with Crippen molar-refractivity contribution in [3.05, 3.63) is 89.5 Å². The topological polar surface area (TPSA) is 73.3 Å². The standard InChI is InChI=1S/C35H45N5OS/c1-24-9-15-27(16-10-24)33(41)21-30(42-29-19-11-25(2)12-20-29)23-36-22-26-13-17-28(18-14-26)37-35-38-32-8-6-5-7-31(32)34(39-35)40(3)4/h5-12,15-16,19-20,26,28,30,33,36,41H,13-14,17-18,21-23H2,1-4H3,(H,37,38,39)/t26-,28+,30?,33?. The monoisotopic (exact) mass is 583 g/mol. The highest BCUT2D eigenvalue weighted by Gasteiger charge is 2.23. The number of rotatable bonds is 12. The Hall–Kier alpha value is -3.13. The van der Waals surface area contributed by atoms with Crippen LogP contribution in [0, 0.1) is 19.8 Å². The molecule has 6 nitrogen and oxygen atoms in total. The highest BCUT2D eigenvalue weighted by molar-refractivity contribution is 8.00. The summed E-state index contributed by atoms with van der Waals surface area (Å²) in [5.74, 6) is 2.33. The number of fused-ring (bicyclic) bond motifs is 1. The first-order valence-electron chi connectivity index (χ1n) is 15.2. The van der Waals surface area contributed by atoms with E-state index in [0.29, 0.717) is 18.4 Å². The van der Waals surface area contributed by atoms with Gasteiger partial charge in [0.1, 0.15) is 5.82 Å². The molecular weight excluding hydrogens is 538 g/mol. The smallest absolute Gasteiger partial charge is 0.225 e. The second kappa shape index (κ2) is 14.4. The second-order valence-corrected chi connectivity index (χ2v) is 13.4. The van der Waals surface area contributed by atoms with Crippen LogP contribution < -0.4 is 15.5 Å². The van der Waals surface area contributed by atoms with Gasteiger partial charge in [0.15, 0.2) is 0 Å². The van der Waals surface area contributed by atoms with E-state index >= 15 is 0 Å². The van der Waals surface area contributed by atoms with Crippen LogP contribution in [-0.4, -0.2) is 53.6 Å². The van der Waals surface area contributed by atoms with Crippen molar-refractivity contribution in [2.75, 3.05) is 37.4 Å². The zero-order chi connectivity index (χ0) is 29.5. The van der Waals surface area contributed by atoms with Crippen LogP contribution in [0.3, 0.4) is 0 Å². The van der Waals surface area contributed by atoms with Crippen molar-refractivity contribution in [1.82, 2.24) is 15.3 Å². The van der Waals surface area contributed by atoms with Crippen molar-refractivity contribution in [1.29, 1.82) is 0 Å². The predicted molar refractivity (Wildman–Crippen MR) is 178 cm³/mol. The summed E-state index contributed by atoms with van der Waals surface area (Å²) in [7, 11) is 4.06. The molecule has 3 N–H and O–H groups in total. The molecule has 2 unspecified atom stereocenters. The van der Waals surface area contributed by atoms with Gasteiger partial charge in [-0.3, -0.25) is 0 Å². The third-order valence-electron chi connectivity index (χ3n) is 8.26. The first-order chi connectivity index (χ1) is 20.3. The molecule has 0 aliphatic heterocycles. The van der Waals surface area contributed by atoms with Crippen molar-refractivity contribution >= 4 is 34.4 Å². The number of hydrogen-bond donors (Lipinski definition) is 3. The van der Waals surface area contributed by atoms with E-state index in [0.717, 1.165) is 54.2 Å². The first-order valence-corrected chi connectivity index (χ1v) is 16.1. The van der Waals surface area contributed by atoms with Crippen LogP contribution in [0.2, 0.25) is 0 Å². The van der Waals surface area contributed by atoms with Crippen molar-refractivity contribution < 1.29 is 5.11 Å². The molecule has 1 aliphatic rings. The van der Waals surface area contributed by atoms with Gasteiger partial charge in [-0.05, 0) is 88.2 Å². The largest absolute Gasteiger partial charge is 0.388 e. The Morgan fingerprint density at radius 2 is 1.55 bits per heavy atom. The lowest BCUT2D eigenvalue weighted by Gasteiger charge is -2.30. The molecule has 0 spiro atoms. The number of thioether (sulfide) groups is 1. The molecule has 42 heavy (non-hydrogen) atoms. The summed E-state index contributed by atoms with van der Waals surface area (Å²) in [5, 5.41) is 19.8. The second-order valence-electron chi connectivity index (χ2n) is 12.0. The number of anilines is 2. The SMILES string of the molecule is Cc1ccc(SC(CNC[C@H]2CC[C@@H](Nc3nc(N(C)C)c4ccccc4n3)CC2)CC(O)c2ccc(C)cc2)cc1. The predicted octanol–water partition coefficient (Wildman–Crippen LogP) is 7.16. The molecule has 5 rings (SSSR count). The number of nitrogens with one attached hydrogen (secondary N) is 2. The van der Waals surface area contributed by atoms with Crippen LogP contribution in [0.4, 0.5) is 11.8 Å². The molecule has 0 amide bonds. The summed E-state index contributed by atoms with van der Waals surface area (Å²) in [5.41, 5.74) is 4.45. The van der Waals surface area contributed by atoms with Gasteiger partial charge in [0, 0.05) is 42.2 Å². The van der Waals surface area contributed by atoms with E-state index in [-0.39, 0.29) is 5.25 Å². The van der Waals surface area contributed by atoms with E-state index in [1.165, 1.54) is 28.9 Å². The highest BCUT2D eigenvalue weighted by Crippen LogP contribution is 2.32. The fraction of sp³-hybridized carbons (Fsp3) is 0.429. The van der Waals surface area contributed by atoms with Gasteiger partial charge in [0.2, 0.25) is 5.95 Å². The van der Waals surface area contributed by atoms with E-state index in [2.05, 4.69) is 90.0 Å². The van der Waals surface area contributed by atoms with Crippen LogP contribution in [0.15, 0.2) is 77.7 Å². The van der Waals surface area contributed by atoms with Gasteiger partial charge >= 0.3 is 0 Å². The van der Waals surface area contributed by atoms with Crippen LogP contribution in [-0.2, 0) is 0 Å². The van der Waals surface area contributed by atoms with Crippen molar-refractivity contribution in [3.63, 3.8) is 0 Å². The van der Waals surface area contributed by atoms with Gasteiger partial charge in [-0.15, -0.1) is 11.8 Å². The molecule has 1 saturated carbocycles. The molecule has 7 heteroatoms. The minimum absolute atomic E-state index is 0.276. The maximum absolute atomic E-state index is 11.0. The summed E-state index contributed by atoms with van der Waals surface area (Å²) in [6.07, 6.45) is 4.84. The summed E-state index contributed by atoms with van der Waals surface area (Å²) in [6.45, 7) is 6.08. The Balaban J connectivity index is 1.13. The molecule has 0 saturated heterocycles. The number of aromatic nitrogens is 2. The van der Waals surface area contributed by atoms with Crippen molar-refractivity contribution in [2.24, 2.45) is 5.92 Å². The Kier molecular flexibility index (Phi) is 10.4. The zero-order valence-electron chi connectivity index (χ0n) is 25.4. The summed E-state index contributed by atoms with van der Waals surface area (Å²) < 4.78 is 0. The number of benzene rings is 3. The van der Waals surface area contributed by atoms with Crippen molar-refractivity contribution in [3.8, 4) is 0 Å². The normalized spacial score (nSPS) is 18.5. The van der Waals surface area contributed by atoms with Crippen LogP contribution in [0.25, 0.3) is 10.9 Å². The van der Waals surface area contributed by atoms with Gasteiger partial charge in [-0.25, -0.2) is 4.98 Å². The van der Waals surface area contributed by atoms with Gasteiger partial charge in [-0.1, -0.05) is 59.7 Å². The third-order valence-corrected chi connectivity index (χ3v) is 9.50. The fourth-order valence-electron chi connectivity index (χ4n) is 5.76. The molecule has 1 aromatic heterocycles. The minimum atomic E-state index is -0.470. The quantitative estimate of drug-likeness (QED) is 0.153. The van der Waals surface area contributed by atoms with Gasteiger partial charge in [0.25, 0.3) is 0 Å². The number of aryl methyl sites for hydroxylation is 2. The molecule has 4 aromatic rings. The van der Waals surface area contributed by atoms with Crippen LogP contribution in [0.5, 0.6) is 0 Å². The van der Waals surface area contributed by atoms with Crippen molar-refractivity contribution in [2.45, 2.75) is 68.2 Å². The Morgan fingerprint density at radius 3 is 2.24 bits per heavy atom. The molecule has 0 bridgehead atoms. The van der Waals surface area contributed by atoms with Gasteiger partial charge in [-0.2, -0.15) is 4.98 Å². The fourth-order valence-corrected chi connectivity index (χ4v) is 6.92. The van der Waals surface area contributed by atoms with Crippen LogP contribution >= 0.6 is 11.8 Å².